The van der Waals surface area contributed by atoms with Crippen LogP contribution in [0.3, 0.4) is 0 Å². The Morgan fingerprint density at radius 2 is 1.92 bits per heavy atom. The Labute approximate surface area is 138 Å². The summed E-state index contributed by atoms with van der Waals surface area (Å²) >= 11 is 0. The molecule has 9 nitrogen and oxygen atoms in total. The molecule has 2 amide bonds. The van der Waals surface area contributed by atoms with Crippen LogP contribution in [-0.2, 0) is 14.3 Å². The van der Waals surface area contributed by atoms with Crippen molar-refractivity contribution in [1.82, 2.24) is 9.80 Å². The molecule has 1 saturated heterocycles. The van der Waals surface area contributed by atoms with Crippen LogP contribution in [0.25, 0.3) is 0 Å². The number of nitrogens with zero attached hydrogens (tertiary/aromatic N) is 3. The maximum atomic E-state index is 12.1. The molecule has 1 fully saturated rings. The zero-order valence-corrected chi connectivity index (χ0v) is 13.3. The van der Waals surface area contributed by atoms with E-state index in [0.29, 0.717) is 32.1 Å². The Balaban J connectivity index is 1.78. The van der Waals surface area contributed by atoms with Crippen molar-refractivity contribution in [1.29, 1.82) is 0 Å². The number of benzene rings is 1. The standard InChI is InChI=1S/C15H19N3O6/c1-16(10-14(19)17-6-8-23-9-7-17)15(20)11-24-13-4-2-12(3-5-13)18(21)22/h2-5H,6-11H2,1H3. The van der Waals surface area contributed by atoms with Crippen molar-refractivity contribution in [3.05, 3.63) is 34.4 Å². The van der Waals surface area contributed by atoms with Gasteiger partial charge < -0.3 is 19.3 Å². The predicted octanol–water partition coefficient (Wildman–Crippen LogP) is 0.291. The lowest BCUT2D eigenvalue weighted by Crippen LogP contribution is -2.46. The number of carbonyl (C=O) groups excluding carboxylic acids is 2. The van der Waals surface area contributed by atoms with Crippen molar-refractivity contribution in [2.45, 2.75) is 0 Å². The number of ether oxygens (including phenoxy) is 2. The maximum Gasteiger partial charge on any atom is 0.269 e. The number of rotatable bonds is 6. The Morgan fingerprint density at radius 3 is 2.50 bits per heavy atom. The van der Waals surface area contributed by atoms with E-state index in [1.807, 2.05) is 0 Å². The zero-order chi connectivity index (χ0) is 17.5. The van der Waals surface area contributed by atoms with E-state index in [1.54, 1.807) is 4.90 Å². The molecule has 0 saturated carbocycles. The summed E-state index contributed by atoms with van der Waals surface area (Å²) in [6, 6.07) is 5.44. The second-order valence-corrected chi connectivity index (χ2v) is 5.28. The summed E-state index contributed by atoms with van der Waals surface area (Å²) in [5.41, 5.74) is -0.0538. The number of nitro benzene ring substituents is 1. The molecule has 0 spiro atoms. The summed E-state index contributed by atoms with van der Waals surface area (Å²) < 4.78 is 10.5. The van der Waals surface area contributed by atoms with E-state index in [0.717, 1.165) is 0 Å². The number of nitro groups is 1. The topological polar surface area (TPSA) is 102 Å². The van der Waals surface area contributed by atoms with Crippen molar-refractivity contribution in [3.8, 4) is 5.75 Å². The van der Waals surface area contributed by atoms with E-state index >= 15 is 0 Å². The molecule has 1 aliphatic heterocycles. The Hall–Kier alpha value is -2.68. The van der Waals surface area contributed by atoms with Gasteiger partial charge in [0.25, 0.3) is 11.6 Å². The number of non-ortho nitro benzene ring substituents is 1. The molecule has 2 rings (SSSR count). The van der Waals surface area contributed by atoms with Crippen molar-refractivity contribution < 1.29 is 24.0 Å². The lowest BCUT2D eigenvalue weighted by molar-refractivity contribution is -0.384. The Morgan fingerprint density at radius 1 is 1.29 bits per heavy atom. The Bertz CT molecular complexity index is 598. The highest BCUT2D eigenvalue weighted by Gasteiger charge is 2.20. The lowest BCUT2D eigenvalue weighted by atomic mass is 10.3. The van der Waals surface area contributed by atoms with Gasteiger partial charge in [-0.25, -0.2) is 0 Å². The second kappa shape index (κ2) is 8.25. The van der Waals surface area contributed by atoms with Crippen molar-refractivity contribution in [2.75, 3.05) is 46.5 Å². The summed E-state index contributed by atoms with van der Waals surface area (Å²) in [5.74, 6) is -0.138. The quantitative estimate of drug-likeness (QED) is 0.546. The van der Waals surface area contributed by atoms with Gasteiger partial charge in [-0.05, 0) is 12.1 Å². The minimum absolute atomic E-state index is 0.0253. The van der Waals surface area contributed by atoms with E-state index in [4.69, 9.17) is 9.47 Å². The highest BCUT2D eigenvalue weighted by Crippen LogP contribution is 2.17. The monoisotopic (exact) mass is 337 g/mol. The number of hydrogen-bond donors (Lipinski definition) is 0. The molecule has 0 unspecified atom stereocenters. The van der Waals surface area contributed by atoms with Crippen LogP contribution in [-0.4, -0.2) is 73.0 Å². The fourth-order valence-electron chi connectivity index (χ4n) is 2.12. The molecular weight excluding hydrogens is 318 g/mol. The summed E-state index contributed by atoms with van der Waals surface area (Å²) in [6.45, 7) is 1.80. The SMILES string of the molecule is CN(CC(=O)N1CCOCC1)C(=O)COc1ccc([N+](=O)[O-])cc1. The van der Waals surface area contributed by atoms with Crippen LogP contribution in [0, 0.1) is 10.1 Å². The molecule has 0 bridgehead atoms. The molecule has 130 valence electrons. The first-order valence-corrected chi connectivity index (χ1v) is 7.44. The van der Waals surface area contributed by atoms with Gasteiger partial charge in [-0.2, -0.15) is 0 Å². The van der Waals surface area contributed by atoms with Gasteiger partial charge in [0.2, 0.25) is 5.91 Å². The molecule has 0 aliphatic carbocycles. The predicted molar refractivity (Wildman–Crippen MR) is 83.6 cm³/mol. The van der Waals surface area contributed by atoms with Gasteiger partial charge in [0.05, 0.1) is 24.7 Å². The van der Waals surface area contributed by atoms with E-state index in [-0.39, 0.29) is 30.7 Å². The van der Waals surface area contributed by atoms with Crippen molar-refractivity contribution in [3.63, 3.8) is 0 Å². The molecule has 0 atom stereocenters. The molecule has 1 aromatic carbocycles. The number of likely N-dealkylation sites (N-methyl/N-ethyl adjacent to an activating group) is 1. The average Bonchev–Trinajstić information content (AvgIpc) is 2.60. The molecule has 9 heteroatoms. The largest absolute Gasteiger partial charge is 0.484 e. The molecule has 0 radical (unpaired) electrons. The first-order chi connectivity index (χ1) is 11.5. The maximum absolute atomic E-state index is 12.1. The van der Waals surface area contributed by atoms with Gasteiger partial charge >= 0.3 is 0 Å². The molecule has 1 aromatic rings. The summed E-state index contributed by atoms with van der Waals surface area (Å²) in [4.78, 5) is 37.1. The van der Waals surface area contributed by atoms with Gasteiger partial charge in [0.15, 0.2) is 6.61 Å². The molecule has 1 aliphatic rings. The molecule has 1 heterocycles. The first kappa shape index (κ1) is 17.7. The van der Waals surface area contributed by atoms with Crippen molar-refractivity contribution >= 4 is 17.5 Å². The number of morpholine rings is 1. The average molecular weight is 337 g/mol. The van der Waals surface area contributed by atoms with E-state index in [1.165, 1.54) is 36.2 Å². The second-order valence-electron chi connectivity index (χ2n) is 5.28. The fraction of sp³-hybridized carbons (Fsp3) is 0.467. The number of amides is 2. The van der Waals surface area contributed by atoms with Gasteiger partial charge in [-0.3, -0.25) is 19.7 Å². The van der Waals surface area contributed by atoms with Crippen LogP contribution in [0.1, 0.15) is 0 Å². The third-order valence-corrected chi connectivity index (χ3v) is 3.57. The van der Waals surface area contributed by atoms with Crippen LogP contribution >= 0.6 is 0 Å². The summed E-state index contributed by atoms with van der Waals surface area (Å²) in [6.07, 6.45) is 0. The van der Waals surface area contributed by atoms with Gasteiger partial charge in [0, 0.05) is 32.3 Å². The van der Waals surface area contributed by atoms with Crippen LogP contribution in [0.4, 0.5) is 5.69 Å². The summed E-state index contributed by atoms with van der Waals surface area (Å²) in [7, 11) is 1.53. The molecule has 0 N–H and O–H groups in total. The first-order valence-electron chi connectivity index (χ1n) is 7.44. The number of hydrogen-bond acceptors (Lipinski definition) is 6. The number of carbonyl (C=O) groups is 2. The smallest absolute Gasteiger partial charge is 0.269 e. The highest BCUT2D eigenvalue weighted by atomic mass is 16.6. The van der Waals surface area contributed by atoms with E-state index < -0.39 is 4.92 Å². The normalized spacial score (nSPS) is 14.1. The highest BCUT2D eigenvalue weighted by molar-refractivity contribution is 5.85. The Kier molecular flexibility index (Phi) is 6.07. The third-order valence-electron chi connectivity index (χ3n) is 3.57. The minimum Gasteiger partial charge on any atom is -0.484 e. The third kappa shape index (κ3) is 4.92. The van der Waals surface area contributed by atoms with Crippen LogP contribution < -0.4 is 4.74 Å². The van der Waals surface area contributed by atoms with Crippen molar-refractivity contribution in [2.24, 2.45) is 0 Å². The molecular formula is C15H19N3O6. The fourth-order valence-corrected chi connectivity index (χ4v) is 2.12. The van der Waals surface area contributed by atoms with Gasteiger partial charge in [-0.15, -0.1) is 0 Å². The van der Waals surface area contributed by atoms with E-state index in [2.05, 4.69) is 0 Å². The van der Waals surface area contributed by atoms with Gasteiger partial charge in [0.1, 0.15) is 5.75 Å². The van der Waals surface area contributed by atoms with Gasteiger partial charge in [-0.1, -0.05) is 0 Å². The van der Waals surface area contributed by atoms with Crippen LogP contribution in [0.5, 0.6) is 5.75 Å². The van der Waals surface area contributed by atoms with Crippen LogP contribution in [0.2, 0.25) is 0 Å². The zero-order valence-electron chi connectivity index (χ0n) is 13.3. The molecule has 0 aromatic heterocycles. The lowest BCUT2D eigenvalue weighted by Gasteiger charge is -2.28. The summed E-state index contributed by atoms with van der Waals surface area (Å²) in [5, 5.41) is 10.6. The van der Waals surface area contributed by atoms with Crippen LogP contribution in [0.15, 0.2) is 24.3 Å². The minimum atomic E-state index is -0.514. The van der Waals surface area contributed by atoms with E-state index in [9.17, 15) is 19.7 Å². The molecule has 24 heavy (non-hydrogen) atoms.